The van der Waals surface area contributed by atoms with Gasteiger partial charge < -0.3 is 10.6 Å². The molecule has 2 rings (SSSR count). The molecule has 156 valence electrons. The van der Waals surface area contributed by atoms with Gasteiger partial charge in [-0.1, -0.05) is 0 Å². The summed E-state index contributed by atoms with van der Waals surface area (Å²) in [7, 11) is -5.25. The fourth-order valence-corrected chi connectivity index (χ4v) is 3.58. The highest BCUT2D eigenvalue weighted by molar-refractivity contribution is 14.0. The zero-order valence-electron chi connectivity index (χ0n) is 14.8. The number of sulfonamides is 1. The molecular weight excluding hydrogens is 500 g/mol. The molecule has 13 heteroatoms. The number of aromatic nitrogens is 2. The molecule has 1 saturated heterocycles. The van der Waals surface area contributed by atoms with E-state index in [-0.39, 0.29) is 55.9 Å². The van der Waals surface area contributed by atoms with Gasteiger partial charge in [0.2, 0.25) is 0 Å². The van der Waals surface area contributed by atoms with Crippen molar-refractivity contribution in [3.8, 4) is 0 Å². The number of guanidine groups is 1. The zero-order chi connectivity index (χ0) is 19.2. The van der Waals surface area contributed by atoms with E-state index in [4.69, 9.17) is 0 Å². The summed E-state index contributed by atoms with van der Waals surface area (Å²) in [5.41, 5.74) is -5.25. The van der Waals surface area contributed by atoms with E-state index < -0.39 is 15.5 Å². The van der Waals surface area contributed by atoms with Crippen LogP contribution in [0.1, 0.15) is 19.8 Å². The van der Waals surface area contributed by atoms with Gasteiger partial charge in [0, 0.05) is 38.1 Å². The van der Waals surface area contributed by atoms with Gasteiger partial charge in [0.05, 0.1) is 13.1 Å². The van der Waals surface area contributed by atoms with Gasteiger partial charge in [-0.25, -0.2) is 8.42 Å². The molecule has 0 saturated carbocycles. The summed E-state index contributed by atoms with van der Waals surface area (Å²) in [6.07, 6.45) is 4.06. The number of piperidine rings is 1. The number of nitrogens with one attached hydrogen (secondary N) is 2. The van der Waals surface area contributed by atoms with Crippen LogP contribution in [0.3, 0.4) is 0 Å². The summed E-state index contributed by atoms with van der Waals surface area (Å²) in [6.45, 7) is 3.28. The van der Waals surface area contributed by atoms with E-state index in [1.807, 2.05) is 19.2 Å². The zero-order valence-corrected chi connectivity index (χ0v) is 18.0. The molecule has 0 bridgehead atoms. The van der Waals surface area contributed by atoms with Gasteiger partial charge in [0.15, 0.2) is 5.96 Å². The number of halogens is 4. The third-order valence-electron chi connectivity index (χ3n) is 3.93. The van der Waals surface area contributed by atoms with Gasteiger partial charge in [0.1, 0.15) is 0 Å². The Hall–Kier alpha value is -1.09. The van der Waals surface area contributed by atoms with E-state index in [1.165, 1.54) is 0 Å². The molecule has 0 radical (unpaired) electrons. The van der Waals surface area contributed by atoms with Crippen LogP contribution >= 0.6 is 24.0 Å². The van der Waals surface area contributed by atoms with Crippen molar-refractivity contribution in [3.63, 3.8) is 0 Å². The lowest BCUT2D eigenvalue weighted by Crippen LogP contribution is -2.51. The molecule has 0 unspecified atom stereocenters. The van der Waals surface area contributed by atoms with Gasteiger partial charge in [-0.3, -0.25) is 9.67 Å². The van der Waals surface area contributed by atoms with E-state index in [0.29, 0.717) is 29.9 Å². The highest BCUT2D eigenvalue weighted by atomic mass is 127. The lowest BCUT2D eigenvalue weighted by Gasteiger charge is -2.32. The molecule has 0 atom stereocenters. The SMILES string of the molecule is CCNC(=NCCn1cccn1)NC1CCN(S(=O)(=O)C(F)(F)F)CC1.I. The van der Waals surface area contributed by atoms with Crippen molar-refractivity contribution in [3.05, 3.63) is 18.5 Å². The van der Waals surface area contributed by atoms with Crippen LogP contribution in [0.25, 0.3) is 0 Å². The Balaban J connectivity index is 0.00000364. The molecule has 0 amide bonds. The molecule has 0 aliphatic carbocycles. The Labute approximate surface area is 173 Å². The molecule has 2 heterocycles. The van der Waals surface area contributed by atoms with Gasteiger partial charge in [-0.15, -0.1) is 24.0 Å². The van der Waals surface area contributed by atoms with Gasteiger partial charge in [0.25, 0.3) is 0 Å². The first-order valence-electron chi connectivity index (χ1n) is 8.32. The number of alkyl halides is 3. The van der Waals surface area contributed by atoms with Gasteiger partial charge in [-0.05, 0) is 25.8 Å². The lowest BCUT2D eigenvalue weighted by molar-refractivity contribution is -0.0494. The first-order chi connectivity index (χ1) is 12.2. The molecule has 27 heavy (non-hydrogen) atoms. The van der Waals surface area contributed by atoms with E-state index in [1.54, 1.807) is 10.9 Å². The van der Waals surface area contributed by atoms with E-state index in [2.05, 4.69) is 20.7 Å². The van der Waals surface area contributed by atoms with Crippen molar-refractivity contribution in [2.24, 2.45) is 4.99 Å². The molecule has 2 N–H and O–H groups in total. The predicted octanol–water partition coefficient (Wildman–Crippen LogP) is 1.37. The van der Waals surface area contributed by atoms with Crippen LogP contribution in [-0.2, 0) is 16.6 Å². The second-order valence-corrected chi connectivity index (χ2v) is 7.73. The highest BCUT2D eigenvalue weighted by Gasteiger charge is 2.50. The first kappa shape index (κ1) is 23.9. The minimum absolute atomic E-state index is 0. The average Bonchev–Trinajstić information content (AvgIpc) is 3.08. The molecule has 0 aromatic carbocycles. The number of nitrogens with zero attached hydrogens (tertiary/aromatic N) is 4. The first-order valence-corrected chi connectivity index (χ1v) is 9.76. The maximum atomic E-state index is 12.6. The maximum Gasteiger partial charge on any atom is 0.511 e. The van der Waals surface area contributed by atoms with Gasteiger partial charge in [-0.2, -0.15) is 22.6 Å². The minimum atomic E-state index is -5.25. The minimum Gasteiger partial charge on any atom is -0.357 e. The molecule has 1 aliphatic rings. The number of rotatable bonds is 6. The quantitative estimate of drug-likeness (QED) is 0.334. The van der Waals surface area contributed by atoms with Crippen molar-refractivity contribution < 1.29 is 21.6 Å². The Kier molecular flexibility index (Phi) is 9.27. The van der Waals surface area contributed by atoms with Crippen LogP contribution in [0.15, 0.2) is 23.5 Å². The summed E-state index contributed by atoms with van der Waals surface area (Å²) < 4.78 is 62.9. The van der Waals surface area contributed by atoms with E-state index in [0.717, 1.165) is 0 Å². The largest absolute Gasteiger partial charge is 0.511 e. The molecule has 1 aliphatic heterocycles. The molecular formula is C14H24F3IN6O2S. The van der Waals surface area contributed by atoms with Crippen LogP contribution in [0.4, 0.5) is 13.2 Å². The summed E-state index contributed by atoms with van der Waals surface area (Å²) in [5.74, 6) is 0.553. The standard InChI is InChI=1S/C14H23F3N6O2S.HI/c1-2-18-13(19-7-11-22-8-3-6-20-22)21-12-4-9-23(10-5-12)26(24,25)14(15,16)17;/h3,6,8,12H,2,4-5,7,9-11H2,1H3,(H2,18,19,21);1H. The van der Waals surface area contributed by atoms with Crippen LogP contribution in [0.2, 0.25) is 0 Å². The maximum absolute atomic E-state index is 12.6. The molecule has 0 spiro atoms. The highest BCUT2D eigenvalue weighted by Crippen LogP contribution is 2.28. The molecule has 1 aromatic rings. The molecule has 8 nitrogen and oxygen atoms in total. The van der Waals surface area contributed by atoms with Crippen LogP contribution < -0.4 is 10.6 Å². The second kappa shape index (κ2) is 10.5. The third kappa shape index (κ3) is 6.78. The normalized spacial score (nSPS) is 17.4. The number of hydrogen-bond donors (Lipinski definition) is 2. The fourth-order valence-electron chi connectivity index (χ4n) is 2.60. The van der Waals surface area contributed by atoms with Crippen molar-refractivity contribution in [2.75, 3.05) is 26.2 Å². The van der Waals surface area contributed by atoms with Crippen molar-refractivity contribution in [2.45, 2.75) is 37.9 Å². The van der Waals surface area contributed by atoms with Crippen molar-refractivity contribution in [1.82, 2.24) is 24.7 Å². The molecule has 1 aromatic heterocycles. The number of hydrogen-bond acceptors (Lipinski definition) is 4. The van der Waals surface area contributed by atoms with Crippen molar-refractivity contribution in [1.29, 1.82) is 0 Å². The summed E-state index contributed by atoms with van der Waals surface area (Å²) in [5, 5.41) is 10.3. The Morgan fingerprint density at radius 3 is 2.52 bits per heavy atom. The van der Waals surface area contributed by atoms with Crippen LogP contribution in [0.5, 0.6) is 0 Å². The predicted molar refractivity (Wildman–Crippen MR) is 106 cm³/mol. The summed E-state index contributed by atoms with van der Waals surface area (Å²) in [4.78, 5) is 4.41. The van der Waals surface area contributed by atoms with Crippen LogP contribution in [-0.4, -0.2) is 66.2 Å². The Morgan fingerprint density at radius 2 is 2.00 bits per heavy atom. The Bertz CT molecular complexity index is 688. The molecule has 1 fully saturated rings. The van der Waals surface area contributed by atoms with Crippen molar-refractivity contribution >= 4 is 40.0 Å². The fraction of sp³-hybridized carbons (Fsp3) is 0.714. The van der Waals surface area contributed by atoms with Crippen LogP contribution in [0, 0.1) is 0 Å². The second-order valence-electron chi connectivity index (χ2n) is 5.80. The number of aliphatic imine (C=N–C) groups is 1. The van der Waals surface area contributed by atoms with E-state index in [9.17, 15) is 21.6 Å². The third-order valence-corrected chi connectivity index (χ3v) is 5.56. The summed E-state index contributed by atoms with van der Waals surface area (Å²) >= 11 is 0. The lowest BCUT2D eigenvalue weighted by atomic mass is 10.1. The monoisotopic (exact) mass is 524 g/mol. The Morgan fingerprint density at radius 1 is 1.33 bits per heavy atom. The van der Waals surface area contributed by atoms with Gasteiger partial charge >= 0.3 is 15.5 Å². The summed E-state index contributed by atoms with van der Waals surface area (Å²) in [6, 6.07) is 1.67. The topological polar surface area (TPSA) is 91.6 Å². The average molecular weight is 524 g/mol. The van der Waals surface area contributed by atoms with E-state index >= 15 is 0 Å². The smallest absolute Gasteiger partial charge is 0.357 e.